The number of primary amides is 1. The minimum Gasteiger partial charge on any atom is -0.369 e. The first kappa shape index (κ1) is 14.5. The molecule has 0 aliphatic carbocycles. The van der Waals surface area contributed by atoms with Crippen molar-refractivity contribution in [3.63, 3.8) is 0 Å². The summed E-state index contributed by atoms with van der Waals surface area (Å²) in [6, 6.07) is 8.92. The molecule has 1 fully saturated rings. The van der Waals surface area contributed by atoms with E-state index in [1.165, 1.54) is 0 Å². The van der Waals surface area contributed by atoms with E-state index in [2.05, 4.69) is 5.32 Å². The Bertz CT molecular complexity index is 510. The molecule has 0 atom stereocenters. The highest BCUT2D eigenvalue weighted by Gasteiger charge is 2.25. The van der Waals surface area contributed by atoms with Gasteiger partial charge >= 0.3 is 0 Å². The van der Waals surface area contributed by atoms with E-state index in [-0.39, 0.29) is 17.7 Å². The molecule has 5 nitrogen and oxygen atoms in total. The number of nitrogens with two attached hydrogens (primary N) is 1. The fourth-order valence-corrected chi connectivity index (χ4v) is 2.48. The first-order chi connectivity index (χ1) is 9.58. The molecule has 2 rings (SSSR count). The quantitative estimate of drug-likeness (QED) is 0.794. The van der Waals surface area contributed by atoms with Gasteiger partial charge in [0.1, 0.15) is 0 Å². The maximum absolute atomic E-state index is 12.0. The maximum Gasteiger partial charge on any atom is 0.257 e. The molecule has 6 heteroatoms. The van der Waals surface area contributed by atoms with Crippen LogP contribution in [0.25, 0.3) is 0 Å². The molecule has 0 radical (unpaired) electrons. The van der Waals surface area contributed by atoms with Gasteiger partial charge in [-0.25, -0.2) is 0 Å². The lowest BCUT2D eigenvalue weighted by Gasteiger charge is -2.32. The molecule has 1 aromatic carbocycles. The summed E-state index contributed by atoms with van der Waals surface area (Å²) in [5.41, 5.74) is 5.86. The van der Waals surface area contributed by atoms with Crippen LogP contribution in [0.15, 0.2) is 30.3 Å². The summed E-state index contributed by atoms with van der Waals surface area (Å²) in [7, 11) is 0. The molecule has 106 valence electrons. The van der Waals surface area contributed by atoms with E-state index in [9.17, 15) is 9.59 Å². The van der Waals surface area contributed by atoms with Gasteiger partial charge in [0.15, 0.2) is 5.11 Å². The summed E-state index contributed by atoms with van der Waals surface area (Å²) in [5, 5.41) is 3.12. The number of carbonyl (C=O) groups excluding carboxylic acids is 2. The van der Waals surface area contributed by atoms with Gasteiger partial charge in [0, 0.05) is 24.6 Å². The number of hydrogen-bond donors (Lipinski definition) is 2. The van der Waals surface area contributed by atoms with Crippen molar-refractivity contribution < 1.29 is 9.59 Å². The third-order valence-corrected chi connectivity index (χ3v) is 3.80. The largest absolute Gasteiger partial charge is 0.369 e. The smallest absolute Gasteiger partial charge is 0.257 e. The lowest BCUT2D eigenvalue weighted by atomic mass is 9.97. The topological polar surface area (TPSA) is 75.4 Å². The number of likely N-dealkylation sites (tertiary alicyclic amines) is 1. The summed E-state index contributed by atoms with van der Waals surface area (Å²) in [5.74, 6) is -0.560. The molecule has 1 aromatic rings. The van der Waals surface area contributed by atoms with Crippen LogP contribution in [0.3, 0.4) is 0 Å². The molecule has 2 amide bonds. The molecule has 1 saturated heterocycles. The Morgan fingerprint density at radius 3 is 2.35 bits per heavy atom. The lowest BCUT2D eigenvalue weighted by Crippen LogP contribution is -2.47. The Morgan fingerprint density at radius 1 is 1.20 bits per heavy atom. The van der Waals surface area contributed by atoms with Crippen LogP contribution in [0.5, 0.6) is 0 Å². The van der Waals surface area contributed by atoms with Crippen molar-refractivity contribution in [3.8, 4) is 0 Å². The zero-order chi connectivity index (χ0) is 14.5. The van der Waals surface area contributed by atoms with Crippen molar-refractivity contribution in [1.82, 2.24) is 10.2 Å². The molecule has 0 bridgehead atoms. The first-order valence-electron chi connectivity index (χ1n) is 6.52. The number of thiocarbonyl (C=S) groups is 1. The van der Waals surface area contributed by atoms with Gasteiger partial charge in [0.2, 0.25) is 5.91 Å². The Morgan fingerprint density at radius 2 is 1.80 bits per heavy atom. The average molecular weight is 291 g/mol. The van der Waals surface area contributed by atoms with Crippen molar-refractivity contribution in [3.05, 3.63) is 35.9 Å². The number of benzene rings is 1. The molecular weight excluding hydrogens is 274 g/mol. The lowest BCUT2D eigenvalue weighted by molar-refractivity contribution is -0.122. The Kier molecular flexibility index (Phi) is 4.68. The molecule has 0 spiro atoms. The monoisotopic (exact) mass is 291 g/mol. The highest BCUT2D eigenvalue weighted by molar-refractivity contribution is 7.80. The highest BCUT2D eigenvalue weighted by atomic mass is 32.1. The Balaban J connectivity index is 1.87. The highest BCUT2D eigenvalue weighted by Crippen LogP contribution is 2.16. The van der Waals surface area contributed by atoms with E-state index in [1.807, 2.05) is 11.0 Å². The second-order valence-electron chi connectivity index (χ2n) is 4.79. The Hall–Kier alpha value is -1.95. The first-order valence-corrected chi connectivity index (χ1v) is 6.93. The molecular formula is C14H17N3O2S. The number of rotatable bonds is 2. The van der Waals surface area contributed by atoms with Gasteiger partial charge in [-0.15, -0.1) is 0 Å². The summed E-state index contributed by atoms with van der Waals surface area (Å²) in [6.45, 7) is 1.28. The predicted octanol–water partition coefficient (Wildman–Crippen LogP) is 0.899. The molecule has 20 heavy (non-hydrogen) atoms. The van der Waals surface area contributed by atoms with Crippen molar-refractivity contribution in [2.45, 2.75) is 12.8 Å². The fraction of sp³-hybridized carbons (Fsp3) is 0.357. The second-order valence-corrected chi connectivity index (χ2v) is 5.18. The third-order valence-electron chi connectivity index (χ3n) is 3.44. The molecule has 0 aromatic heterocycles. The summed E-state index contributed by atoms with van der Waals surface area (Å²) in [4.78, 5) is 25.0. The van der Waals surface area contributed by atoms with E-state index in [0.29, 0.717) is 36.6 Å². The normalized spacial score (nSPS) is 15.7. The van der Waals surface area contributed by atoms with Crippen LogP contribution in [0.2, 0.25) is 0 Å². The SMILES string of the molecule is NC(=O)C1CCN(C(=S)NC(=O)c2ccccc2)CC1. The van der Waals surface area contributed by atoms with Crippen molar-refractivity contribution in [1.29, 1.82) is 0 Å². The zero-order valence-corrected chi connectivity index (χ0v) is 11.9. The van der Waals surface area contributed by atoms with Crippen molar-refractivity contribution in [2.24, 2.45) is 11.7 Å². The zero-order valence-electron chi connectivity index (χ0n) is 11.0. The van der Waals surface area contributed by atoms with E-state index in [4.69, 9.17) is 18.0 Å². The average Bonchev–Trinajstić information content (AvgIpc) is 2.48. The van der Waals surface area contributed by atoms with Gasteiger partial charge in [-0.1, -0.05) is 18.2 Å². The number of nitrogens with one attached hydrogen (secondary N) is 1. The van der Waals surface area contributed by atoms with Crippen LogP contribution in [0, 0.1) is 5.92 Å². The minimum atomic E-state index is -0.260. The summed E-state index contributed by atoms with van der Waals surface area (Å²) >= 11 is 5.23. The van der Waals surface area contributed by atoms with Crippen molar-refractivity contribution in [2.75, 3.05) is 13.1 Å². The van der Waals surface area contributed by atoms with Gasteiger partial charge in [0.25, 0.3) is 5.91 Å². The van der Waals surface area contributed by atoms with Crippen molar-refractivity contribution >= 4 is 29.1 Å². The maximum atomic E-state index is 12.0. The summed E-state index contributed by atoms with van der Waals surface area (Å²) < 4.78 is 0. The van der Waals surface area contributed by atoms with Gasteiger partial charge in [-0.3, -0.25) is 14.9 Å². The molecule has 1 aliphatic heterocycles. The number of hydrogen-bond acceptors (Lipinski definition) is 3. The van der Waals surface area contributed by atoms with Gasteiger partial charge < -0.3 is 10.6 Å². The van der Waals surface area contributed by atoms with E-state index >= 15 is 0 Å². The molecule has 1 aliphatic rings. The number of carbonyl (C=O) groups is 2. The summed E-state index contributed by atoms with van der Waals surface area (Å²) in [6.07, 6.45) is 1.35. The van der Waals surface area contributed by atoms with Crippen LogP contribution in [0.4, 0.5) is 0 Å². The van der Waals surface area contributed by atoms with Crippen LogP contribution < -0.4 is 11.1 Å². The fourth-order valence-electron chi connectivity index (χ4n) is 2.20. The van der Waals surface area contributed by atoms with Gasteiger partial charge in [-0.05, 0) is 37.2 Å². The standard InChI is InChI=1S/C14H17N3O2S/c15-12(18)10-6-8-17(9-7-10)14(20)16-13(19)11-4-2-1-3-5-11/h1-5,10H,6-9H2,(H2,15,18)(H,16,19,20). The predicted molar refractivity (Wildman–Crippen MR) is 80.0 cm³/mol. The molecule has 0 saturated carbocycles. The number of amides is 2. The Labute approximate surface area is 123 Å². The van der Waals surface area contributed by atoms with Gasteiger partial charge in [0.05, 0.1) is 0 Å². The molecule has 1 heterocycles. The number of nitrogens with zero attached hydrogens (tertiary/aromatic N) is 1. The second kappa shape index (κ2) is 6.47. The van der Waals surface area contributed by atoms with Gasteiger partial charge in [-0.2, -0.15) is 0 Å². The molecule has 0 unspecified atom stereocenters. The van der Waals surface area contributed by atoms with Crippen LogP contribution >= 0.6 is 12.2 Å². The van der Waals surface area contributed by atoms with Crippen LogP contribution in [0.1, 0.15) is 23.2 Å². The van der Waals surface area contributed by atoms with E-state index in [1.54, 1.807) is 24.3 Å². The van der Waals surface area contributed by atoms with Crippen LogP contribution in [-0.4, -0.2) is 34.9 Å². The van der Waals surface area contributed by atoms with Crippen LogP contribution in [-0.2, 0) is 4.79 Å². The van der Waals surface area contributed by atoms with E-state index < -0.39 is 0 Å². The minimum absolute atomic E-state index is 0.0844. The number of piperidine rings is 1. The molecule has 3 N–H and O–H groups in total. The van der Waals surface area contributed by atoms with E-state index in [0.717, 1.165) is 0 Å². The third kappa shape index (κ3) is 3.54.